The van der Waals surface area contributed by atoms with Crippen molar-refractivity contribution in [1.82, 2.24) is 9.80 Å². The molecule has 106 valence electrons. The van der Waals surface area contributed by atoms with E-state index in [4.69, 9.17) is 0 Å². The molecule has 1 unspecified atom stereocenters. The van der Waals surface area contributed by atoms with Gasteiger partial charge in [-0.25, -0.2) is 0 Å². The van der Waals surface area contributed by atoms with Gasteiger partial charge in [-0.2, -0.15) is 0 Å². The minimum absolute atomic E-state index is 0.0780. The molecule has 1 N–H and O–H groups in total. The van der Waals surface area contributed by atoms with Crippen LogP contribution in [0.3, 0.4) is 0 Å². The third-order valence-corrected chi connectivity index (χ3v) is 3.19. The molecule has 0 aliphatic carbocycles. The number of benzene rings is 1. The Labute approximate surface area is 116 Å². The monoisotopic (exact) mass is 263 g/mol. The van der Waals surface area contributed by atoms with E-state index in [1.807, 2.05) is 75.2 Å². The Morgan fingerprint density at radius 2 is 1.63 bits per heavy atom. The summed E-state index contributed by atoms with van der Waals surface area (Å²) in [6.45, 7) is 2.67. The average molecular weight is 263 g/mol. The lowest BCUT2D eigenvalue weighted by molar-refractivity contribution is 0.210. The molecule has 19 heavy (non-hydrogen) atoms. The Balaban J connectivity index is 2.96. The van der Waals surface area contributed by atoms with Gasteiger partial charge in [0.2, 0.25) is 0 Å². The maximum atomic E-state index is 9.73. The number of hydrogen-bond acceptors (Lipinski definition) is 2. The van der Waals surface area contributed by atoms with Crippen LogP contribution in [-0.4, -0.2) is 62.2 Å². The van der Waals surface area contributed by atoms with Gasteiger partial charge in [-0.1, -0.05) is 37.3 Å². The average Bonchev–Trinajstić information content (AvgIpc) is 2.38. The van der Waals surface area contributed by atoms with E-state index in [9.17, 15) is 5.11 Å². The number of aliphatic imine (C=N–C) groups is 1. The van der Waals surface area contributed by atoms with E-state index in [1.54, 1.807) is 0 Å². The molecule has 0 bridgehead atoms. The molecule has 0 fully saturated rings. The SMILES string of the molecule is CN(C)C(=NCC(C)(CO)c1ccccc1)N(C)C. The molecule has 4 nitrogen and oxygen atoms in total. The topological polar surface area (TPSA) is 39.1 Å². The highest BCUT2D eigenvalue weighted by atomic mass is 16.3. The number of guanidine groups is 1. The highest BCUT2D eigenvalue weighted by Gasteiger charge is 2.25. The summed E-state index contributed by atoms with van der Waals surface area (Å²) < 4.78 is 0. The van der Waals surface area contributed by atoms with Crippen molar-refractivity contribution in [2.75, 3.05) is 41.3 Å². The summed E-state index contributed by atoms with van der Waals surface area (Å²) in [5, 5.41) is 9.73. The zero-order valence-electron chi connectivity index (χ0n) is 12.6. The maximum absolute atomic E-state index is 9.73. The molecule has 0 spiro atoms. The lowest BCUT2D eigenvalue weighted by Crippen LogP contribution is -2.38. The minimum atomic E-state index is -0.349. The summed E-state index contributed by atoms with van der Waals surface area (Å²) in [5.74, 6) is 0.899. The van der Waals surface area contributed by atoms with Gasteiger partial charge in [0.05, 0.1) is 13.2 Å². The Kier molecular flexibility index (Phi) is 5.36. The van der Waals surface area contributed by atoms with Gasteiger partial charge in [-0.15, -0.1) is 0 Å². The van der Waals surface area contributed by atoms with Crippen LogP contribution >= 0.6 is 0 Å². The first-order valence-corrected chi connectivity index (χ1v) is 6.46. The highest BCUT2D eigenvalue weighted by Crippen LogP contribution is 2.23. The van der Waals surface area contributed by atoms with Crippen LogP contribution in [0.2, 0.25) is 0 Å². The Morgan fingerprint density at radius 3 is 2.05 bits per heavy atom. The van der Waals surface area contributed by atoms with Crippen LogP contribution in [0.25, 0.3) is 0 Å². The smallest absolute Gasteiger partial charge is 0.195 e. The number of nitrogens with zero attached hydrogens (tertiary/aromatic N) is 3. The van der Waals surface area contributed by atoms with Crippen molar-refractivity contribution >= 4 is 5.96 Å². The van der Waals surface area contributed by atoms with Crippen molar-refractivity contribution in [1.29, 1.82) is 0 Å². The van der Waals surface area contributed by atoms with Gasteiger partial charge in [0.25, 0.3) is 0 Å². The molecule has 0 amide bonds. The van der Waals surface area contributed by atoms with Crippen molar-refractivity contribution in [2.45, 2.75) is 12.3 Å². The second-order valence-electron chi connectivity index (χ2n) is 5.49. The maximum Gasteiger partial charge on any atom is 0.195 e. The molecular formula is C15H25N3O. The van der Waals surface area contributed by atoms with Gasteiger partial charge in [-0.05, 0) is 5.56 Å². The molecule has 1 aromatic rings. The summed E-state index contributed by atoms with van der Waals surface area (Å²) in [5.41, 5.74) is 0.761. The Bertz CT molecular complexity index is 405. The third-order valence-electron chi connectivity index (χ3n) is 3.19. The summed E-state index contributed by atoms with van der Waals surface area (Å²) in [6, 6.07) is 10.0. The summed E-state index contributed by atoms with van der Waals surface area (Å²) in [6.07, 6.45) is 0. The molecule has 4 heteroatoms. The van der Waals surface area contributed by atoms with Gasteiger partial charge in [0.1, 0.15) is 0 Å². The van der Waals surface area contributed by atoms with Crippen LogP contribution in [0.4, 0.5) is 0 Å². The van der Waals surface area contributed by atoms with Crippen LogP contribution in [0.1, 0.15) is 12.5 Å². The van der Waals surface area contributed by atoms with E-state index in [0.717, 1.165) is 11.5 Å². The van der Waals surface area contributed by atoms with Gasteiger partial charge in [0, 0.05) is 33.6 Å². The van der Waals surface area contributed by atoms with Crippen LogP contribution in [0.15, 0.2) is 35.3 Å². The quantitative estimate of drug-likeness (QED) is 0.659. The minimum Gasteiger partial charge on any atom is -0.395 e. The van der Waals surface area contributed by atoms with E-state index < -0.39 is 0 Å². The molecule has 0 aliphatic heterocycles. The van der Waals surface area contributed by atoms with Crippen molar-refractivity contribution in [3.05, 3.63) is 35.9 Å². The molecule has 0 radical (unpaired) electrons. The second kappa shape index (κ2) is 6.57. The normalized spacial score (nSPS) is 13.6. The number of rotatable bonds is 4. The van der Waals surface area contributed by atoms with Crippen LogP contribution < -0.4 is 0 Å². The second-order valence-corrected chi connectivity index (χ2v) is 5.49. The fraction of sp³-hybridized carbons (Fsp3) is 0.533. The summed E-state index contributed by atoms with van der Waals surface area (Å²) >= 11 is 0. The predicted molar refractivity (Wildman–Crippen MR) is 80.6 cm³/mol. The van der Waals surface area contributed by atoms with Gasteiger partial charge >= 0.3 is 0 Å². The van der Waals surface area contributed by atoms with Crippen LogP contribution in [0.5, 0.6) is 0 Å². The van der Waals surface area contributed by atoms with E-state index in [0.29, 0.717) is 6.54 Å². The largest absolute Gasteiger partial charge is 0.395 e. The Hall–Kier alpha value is -1.55. The first kappa shape index (κ1) is 15.5. The fourth-order valence-corrected chi connectivity index (χ4v) is 2.00. The number of aliphatic hydroxyl groups excluding tert-OH is 1. The van der Waals surface area contributed by atoms with E-state index >= 15 is 0 Å². The molecule has 1 aromatic carbocycles. The number of aliphatic hydroxyl groups is 1. The third kappa shape index (κ3) is 3.96. The molecule has 0 saturated carbocycles. The highest BCUT2D eigenvalue weighted by molar-refractivity contribution is 5.79. The lowest BCUT2D eigenvalue weighted by Gasteiger charge is -2.28. The molecule has 1 rings (SSSR count). The van der Waals surface area contributed by atoms with Crippen molar-refractivity contribution in [3.63, 3.8) is 0 Å². The van der Waals surface area contributed by atoms with Gasteiger partial charge in [0.15, 0.2) is 5.96 Å². The first-order valence-electron chi connectivity index (χ1n) is 6.46. The molecular weight excluding hydrogens is 238 g/mol. The van der Waals surface area contributed by atoms with Gasteiger partial charge < -0.3 is 14.9 Å². The zero-order valence-corrected chi connectivity index (χ0v) is 12.6. The van der Waals surface area contributed by atoms with Crippen molar-refractivity contribution in [3.8, 4) is 0 Å². The molecule has 0 aliphatic rings. The van der Waals surface area contributed by atoms with E-state index in [-0.39, 0.29) is 12.0 Å². The molecule has 1 atom stereocenters. The van der Waals surface area contributed by atoms with Crippen LogP contribution in [-0.2, 0) is 5.41 Å². The molecule has 0 saturated heterocycles. The van der Waals surface area contributed by atoms with Crippen molar-refractivity contribution < 1.29 is 5.11 Å². The standard InChI is InChI=1S/C15H25N3O/c1-15(12-19,13-9-7-6-8-10-13)11-16-14(17(2)3)18(4)5/h6-10,19H,11-12H2,1-5H3. The Morgan fingerprint density at radius 1 is 1.11 bits per heavy atom. The van der Waals surface area contributed by atoms with E-state index in [1.165, 1.54) is 0 Å². The lowest BCUT2D eigenvalue weighted by atomic mass is 9.83. The predicted octanol–water partition coefficient (Wildman–Crippen LogP) is 1.42. The van der Waals surface area contributed by atoms with Crippen molar-refractivity contribution in [2.24, 2.45) is 4.99 Å². The van der Waals surface area contributed by atoms with E-state index in [2.05, 4.69) is 4.99 Å². The summed E-state index contributed by atoms with van der Waals surface area (Å²) in [7, 11) is 7.88. The molecule has 0 heterocycles. The fourth-order valence-electron chi connectivity index (χ4n) is 2.00. The summed E-state index contributed by atoms with van der Waals surface area (Å²) in [4.78, 5) is 8.60. The van der Waals surface area contributed by atoms with Crippen LogP contribution in [0, 0.1) is 0 Å². The number of hydrogen-bond donors (Lipinski definition) is 1. The zero-order chi connectivity index (χ0) is 14.5. The van der Waals surface area contributed by atoms with Gasteiger partial charge in [-0.3, -0.25) is 4.99 Å². The molecule has 0 aromatic heterocycles. The first-order chi connectivity index (χ1) is 8.90.